The predicted octanol–water partition coefficient (Wildman–Crippen LogP) is 3.92. The van der Waals surface area contributed by atoms with Gasteiger partial charge < -0.3 is 14.5 Å². The largest absolute Gasteiger partial charge is 0.494 e. The van der Waals surface area contributed by atoms with E-state index < -0.39 is 0 Å². The number of hydrogen-bond donors (Lipinski definition) is 1. The molecule has 0 saturated carbocycles. The molecular formula is C16H21NO2. The molecule has 102 valence electrons. The summed E-state index contributed by atoms with van der Waals surface area (Å²) in [5.74, 6) is 1.89. The zero-order chi connectivity index (χ0) is 13.5. The quantitative estimate of drug-likeness (QED) is 0.818. The van der Waals surface area contributed by atoms with Crippen LogP contribution in [0.1, 0.15) is 37.6 Å². The molecule has 0 unspecified atom stereocenters. The van der Waals surface area contributed by atoms with Gasteiger partial charge in [-0.1, -0.05) is 19.1 Å². The van der Waals surface area contributed by atoms with E-state index in [4.69, 9.17) is 9.15 Å². The monoisotopic (exact) mass is 259 g/mol. The van der Waals surface area contributed by atoms with E-state index in [0.717, 1.165) is 31.1 Å². The fourth-order valence-corrected chi connectivity index (χ4v) is 1.87. The molecular weight excluding hydrogens is 238 g/mol. The van der Waals surface area contributed by atoms with Crippen LogP contribution in [0.25, 0.3) is 0 Å². The van der Waals surface area contributed by atoms with Gasteiger partial charge in [0.05, 0.1) is 18.9 Å². The van der Waals surface area contributed by atoms with Crippen LogP contribution in [0.4, 0.5) is 0 Å². The Morgan fingerprint density at radius 2 is 2.16 bits per heavy atom. The molecule has 3 heteroatoms. The third kappa shape index (κ3) is 4.14. The second-order valence-electron chi connectivity index (χ2n) is 4.61. The highest BCUT2D eigenvalue weighted by atomic mass is 16.5. The lowest BCUT2D eigenvalue weighted by Gasteiger charge is -2.12. The van der Waals surface area contributed by atoms with Crippen LogP contribution in [0.3, 0.4) is 0 Å². The van der Waals surface area contributed by atoms with E-state index in [-0.39, 0.29) is 6.04 Å². The molecule has 0 spiro atoms. The molecule has 0 aliphatic carbocycles. The van der Waals surface area contributed by atoms with E-state index in [1.165, 1.54) is 5.56 Å². The molecule has 0 radical (unpaired) electrons. The average molecular weight is 259 g/mol. The topological polar surface area (TPSA) is 34.4 Å². The molecule has 0 aliphatic heterocycles. The first kappa shape index (κ1) is 13.7. The van der Waals surface area contributed by atoms with Gasteiger partial charge in [-0.25, -0.2) is 0 Å². The molecule has 2 aromatic rings. The first-order valence-electron chi connectivity index (χ1n) is 6.78. The molecule has 0 aliphatic rings. The van der Waals surface area contributed by atoms with Gasteiger partial charge in [0.15, 0.2) is 0 Å². The molecule has 0 amide bonds. The zero-order valence-electron chi connectivity index (χ0n) is 11.6. The summed E-state index contributed by atoms with van der Waals surface area (Å²) in [6.45, 7) is 5.76. The number of nitrogens with one attached hydrogen (secondary N) is 1. The number of furan rings is 1. The lowest BCUT2D eigenvalue weighted by molar-refractivity contribution is 0.317. The van der Waals surface area contributed by atoms with Crippen molar-refractivity contribution in [2.24, 2.45) is 0 Å². The first-order chi connectivity index (χ1) is 9.29. The molecule has 1 aromatic heterocycles. The Bertz CT molecular complexity index is 479. The molecule has 3 nitrogen and oxygen atoms in total. The van der Waals surface area contributed by atoms with Crippen LogP contribution in [-0.4, -0.2) is 6.61 Å². The summed E-state index contributed by atoms with van der Waals surface area (Å²) in [5.41, 5.74) is 1.21. The van der Waals surface area contributed by atoms with Crippen molar-refractivity contribution in [1.82, 2.24) is 5.32 Å². The number of rotatable bonds is 7. The number of hydrogen-bond acceptors (Lipinski definition) is 3. The van der Waals surface area contributed by atoms with Crippen LogP contribution >= 0.6 is 0 Å². The molecule has 19 heavy (non-hydrogen) atoms. The fraction of sp³-hybridized carbons (Fsp3) is 0.375. The van der Waals surface area contributed by atoms with Crippen molar-refractivity contribution < 1.29 is 9.15 Å². The molecule has 1 aromatic carbocycles. The Balaban J connectivity index is 1.88. The molecule has 1 heterocycles. The Hall–Kier alpha value is -1.74. The minimum atomic E-state index is 0.204. The second kappa shape index (κ2) is 7.00. The van der Waals surface area contributed by atoms with E-state index in [1.807, 2.05) is 24.3 Å². The fourth-order valence-electron chi connectivity index (χ4n) is 1.87. The second-order valence-corrected chi connectivity index (χ2v) is 4.61. The third-order valence-corrected chi connectivity index (χ3v) is 2.95. The summed E-state index contributed by atoms with van der Waals surface area (Å²) < 4.78 is 11.0. The lowest BCUT2D eigenvalue weighted by atomic mass is 10.2. The van der Waals surface area contributed by atoms with Crippen molar-refractivity contribution in [3.63, 3.8) is 0 Å². The van der Waals surface area contributed by atoms with E-state index >= 15 is 0 Å². The Labute approximate surface area is 114 Å². The summed E-state index contributed by atoms with van der Waals surface area (Å²) in [4.78, 5) is 0. The van der Waals surface area contributed by atoms with Crippen LogP contribution in [0, 0.1) is 0 Å². The van der Waals surface area contributed by atoms with E-state index in [0.29, 0.717) is 0 Å². The molecule has 1 N–H and O–H groups in total. The molecule has 2 rings (SSSR count). The van der Waals surface area contributed by atoms with Crippen molar-refractivity contribution in [3.05, 3.63) is 54.0 Å². The van der Waals surface area contributed by atoms with Crippen molar-refractivity contribution in [1.29, 1.82) is 0 Å². The van der Waals surface area contributed by atoms with Gasteiger partial charge >= 0.3 is 0 Å². The van der Waals surface area contributed by atoms with Gasteiger partial charge in [0, 0.05) is 6.54 Å². The summed E-state index contributed by atoms with van der Waals surface area (Å²) in [5, 5.41) is 3.44. The van der Waals surface area contributed by atoms with Crippen LogP contribution < -0.4 is 10.1 Å². The van der Waals surface area contributed by atoms with Crippen molar-refractivity contribution in [3.8, 4) is 5.75 Å². The highest BCUT2D eigenvalue weighted by Crippen LogP contribution is 2.16. The predicted molar refractivity (Wildman–Crippen MR) is 76.2 cm³/mol. The van der Waals surface area contributed by atoms with Crippen molar-refractivity contribution in [2.75, 3.05) is 6.61 Å². The summed E-state index contributed by atoms with van der Waals surface area (Å²) in [7, 11) is 0. The smallest absolute Gasteiger partial charge is 0.120 e. The van der Waals surface area contributed by atoms with E-state index in [1.54, 1.807) is 6.26 Å². The van der Waals surface area contributed by atoms with Crippen LogP contribution in [0.15, 0.2) is 47.1 Å². The van der Waals surface area contributed by atoms with E-state index in [9.17, 15) is 0 Å². The molecule has 0 saturated heterocycles. The van der Waals surface area contributed by atoms with Gasteiger partial charge in [0.2, 0.25) is 0 Å². The Morgan fingerprint density at radius 1 is 1.26 bits per heavy atom. The standard InChI is InChI=1S/C16H21NO2/c1-3-9-18-15-7-4-6-14(11-15)12-17-13(2)16-8-5-10-19-16/h4-8,10-11,13,17H,3,9,12H2,1-2H3/t13-/m1/s1. The maximum atomic E-state index is 5.63. The molecule has 0 bridgehead atoms. The van der Waals surface area contributed by atoms with Crippen molar-refractivity contribution >= 4 is 0 Å². The van der Waals surface area contributed by atoms with Gasteiger partial charge in [-0.3, -0.25) is 0 Å². The van der Waals surface area contributed by atoms with E-state index in [2.05, 4.69) is 31.3 Å². The van der Waals surface area contributed by atoms with Crippen LogP contribution in [0.2, 0.25) is 0 Å². The number of benzene rings is 1. The average Bonchev–Trinajstić information content (AvgIpc) is 2.97. The Kier molecular flexibility index (Phi) is 5.04. The SMILES string of the molecule is CCCOc1cccc(CN[C@H](C)c2ccco2)c1. The summed E-state index contributed by atoms with van der Waals surface area (Å²) >= 11 is 0. The van der Waals surface area contributed by atoms with Gasteiger partial charge in [0.25, 0.3) is 0 Å². The first-order valence-corrected chi connectivity index (χ1v) is 6.78. The minimum absolute atomic E-state index is 0.204. The summed E-state index contributed by atoms with van der Waals surface area (Å²) in [6, 6.07) is 12.3. The minimum Gasteiger partial charge on any atom is -0.494 e. The van der Waals surface area contributed by atoms with Gasteiger partial charge in [-0.2, -0.15) is 0 Å². The number of ether oxygens (including phenoxy) is 1. The lowest BCUT2D eigenvalue weighted by Crippen LogP contribution is -2.17. The van der Waals surface area contributed by atoms with Gasteiger partial charge in [0.1, 0.15) is 11.5 Å². The van der Waals surface area contributed by atoms with Gasteiger partial charge in [-0.05, 0) is 43.2 Å². The molecule has 0 fully saturated rings. The maximum Gasteiger partial charge on any atom is 0.120 e. The zero-order valence-corrected chi connectivity index (χ0v) is 11.6. The highest BCUT2D eigenvalue weighted by molar-refractivity contribution is 5.28. The van der Waals surface area contributed by atoms with Gasteiger partial charge in [-0.15, -0.1) is 0 Å². The Morgan fingerprint density at radius 3 is 2.89 bits per heavy atom. The van der Waals surface area contributed by atoms with Crippen LogP contribution in [0.5, 0.6) is 5.75 Å². The van der Waals surface area contributed by atoms with Crippen LogP contribution in [-0.2, 0) is 6.54 Å². The van der Waals surface area contributed by atoms with Crippen molar-refractivity contribution in [2.45, 2.75) is 32.9 Å². The normalized spacial score (nSPS) is 12.3. The highest BCUT2D eigenvalue weighted by Gasteiger charge is 2.07. The summed E-state index contributed by atoms with van der Waals surface area (Å²) in [6.07, 6.45) is 2.73. The third-order valence-electron chi connectivity index (χ3n) is 2.95. The molecule has 1 atom stereocenters. The maximum absolute atomic E-state index is 5.63.